The van der Waals surface area contributed by atoms with Crippen molar-refractivity contribution < 1.29 is 38.9 Å². The van der Waals surface area contributed by atoms with Crippen LogP contribution in [-0.2, 0) is 13.8 Å². The summed E-state index contributed by atoms with van der Waals surface area (Å²) >= 11 is 0. The Balaban J connectivity index is 2.70. The molecule has 0 aromatic rings. The monoisotopic (exact) mass is 244 g/mol. The molecule has 90 valence electrons. The Bertz CT molecular complexity index is 252. The van der Waals surface area contributed by atoms with E-state index in [1.807, 2.05) is 0 Å². The molecule has 1 fully saturated rings. The largest absolute Gasteiger partial charge is 0.470 e. The Morgan fingerprint density at radius 1 is 1.40 bits per heavy atom. The Morgan fingerprint density at radius 3 is 2.47 bits per heavy atom. The summed E-state index contributed by atoms with van der Waals surface area (Å²) in [4.78, 5) is 17.1. The zero-order chi connectivity index (χ0) is 11.6. The highest BCUT2D eigenvalue weighted by atomic mass is 31.2. The fourth-order valence-electron chi connectivity index (χ4n) is 1.31. The molecule has 1 aliphatic heterocycles. The maximum Gasteiger partial charge on any atom is 0.470 e. The van der Waals surface area contributed by atoms with Crippen LogP contribution < -0.4 is 0 Å². The third kappa shape index (κ3) is 3.47. The normalized spacial score (nSPS) is 37.9. The molecular weight excluding hydrogens is 231 g/mol. The molecule has 1 aliphatic rings. The molecule has 1 heterocycles. The van der Waals surface area contributed by atoms with Crippen LogP contribution >= 0.6 is 7.82 Å². The molecule has 0 saturated carbocycles. The summed E-state index contributed by atoms with van der Waals surface area (Å²) in [5, 5.41) is 27.5. The fraction of sp³-hybridized carbons (Fsp3) is 1.00. The second kappa shape index (κ2) is 4.86. The van der Waals surface area contributed by atoms with Crippen molar-refractivity contribution in [1.29, 1.82) is 0 Å². The first-order chi connectivity index (χ1) is 6.85. The summed E-state index contributed by atoms with van der Waals surface area (Å²) < 4.78 is 19.6. The lowest BCUT2D eigenvalue weighted by atomic mass is 10.0. The molecule has 4 atom stereocenters. The van der Waals surface area contributed by atoms with Gasteiger partial charge in [0.25, 0.3) is 0 Å². The molecule has 1 rings (SSSR count). The molecule has 9 heteroatoms. The van der Waals surface area contributed by atoms with Gasteiger partial charge < -0.3 is 29.8 Å². The Morgan fingerprint density at radius 2 is 2.00 bits per heavy atom. The van der Waals surface area contributed by atoms with Crippen LogP contribution in [0.5, 0.6) is 0 Å². The molecule has 1 saturated heterocycles. The maximum absolute atomic E-state index is 10.5. The minimum Gasteiger partial charge on any atom is -0.394 e. The second-order valence-corrected chi connectivity index (χ2v) is 4.36. The van der Waals surface area contributed by atoms with Crippen molar-refractivity contribution in [2.75, 3.05) is 13.2 Å². The number of ether oxygens (including phenoxy) is 1. The lowest BCUT2D eigenvalue weighted by Gasteiger charge is -2.36. The van der Waals surface area contributed by atoms with Crippen LogP contribution in [0.4, 0.5) is 0 Å². The molecule has 0 amide bonds. The third-order valence-electron chi connectivity index (χ3n) is 2.02. The molecule has 5 N–H and O–H groups in total. The summed E-state index contributed by atoms with van der Waals surface area (Å²) in [6.45, 7) is -0.804. The number of aliphatic hydroxyl groups excluding tert-OH is 3. The molecule has 0 aromatic carbocycles. The van der Waals surface area contributed by atoms with Crippen molar-refractivity contribution in [2.24, 2.45) is 0 Å². The lowest BCUT2D eigenvalue weighted by molar-refractivity contribution is -0.191. The van der Waals surface area contributed by atoms with Crippen molar-refractivity contribution in [1.82, 2.24) is 0 Å². The van der Waals surface area contributed by atoms with Crippen molar-refractivity contribution in [3.63, 3.8) is 0 Å². The smallest absolute Gasteiger partial charge is 0.394 e. The van der Waals surface area contributed by atoms with E-state index in [-0.39, 0.29) is 6.61 Å². The van der Waals surface area contributed by atoms with Gasteiger partial charge in [0, 0.05) is 0 Å². The van der Waals surface area contributed by atoms with Crippen molar-refractivity contribution >= 4 is 7.82 Å². The highest BCUT2D eigenvalue weighted by molar-refractivity contribution is 7.46. The molecule has 0 aromatic heterocycles. The minimum atomic E-state index is -4.80. The summed E-state index contributed by atoms with van der Waals surface area (Å²) in [5.41, 5.74) is 0. The fourth-order valence-corrected chi connectivity index (χ4v) is 1.89. The van der Waals surface area contributed by atoms with Gasteiger partial charge >= 0.3 is 7.82 Å². The van der Waals surface area contributed by atoms with Gasteiger partial charge in [0.05, 0.1) is 13.2 Å². The average Bonchev–Trinajstić information content (AvgIpc) is 2.11. The van der Waals surface area contributed by atoms with Crippen molar-refractivity contribution in [3.05, 3.63) is 0 Å². The number of rotatable bonds is 3. The molecular formula is C6H13O8P. The number of phosphoric acid groups is 1. The van der Waals surface area contributed by atoms with Crippen molar-refractivity contribution in [2.45, 2.75) is 24.4 Å². The zero-order valence-electron chi connectivity index (χ0n) is 7.63. The molecule has 0 aliphatic carbocycles. The van der Waals surface area contributed by atoms with Gasteiger partial charge in [-0.2, -0.15) is 0 Å². The van der Waals surface area contributed by atoms with Gasteiger partial charge in [-0.25, -0.2) is 4.57 Å². The summed E-state index contributed by atoms with van der Waals surface area (Å²) in [6, 6.07) is 0. The number of phosphoric ester groups is 1. The van der Waals surface area contributed by atoms with Gasteiger partial charge in [-0.3, -0.25) is 4.52 Å². The predicted molar refractivity (Wildman–Crippen MR) is 45.8 cm³/mol. The van der Waals surface area contributed by atoms with Crippen LogP contribution in [0.15, 0.2) is 0 Å². The topological polar surface area (TPSA) is 137 Å². The van der Waals surface area contributed by atoms with Gasteiger partial charge in [-0.1, -0.05) is 0 Å². The van der Waals surface area contributed by atoms with Crippen LogP contribution in [0.2, 0.25) is 0 Å². The molecule has 0 spiro atoms. The summed E-state index contributed by atoms with van der Waals surface area (Å²) in [5.74, 6) is 0. The standard InChI is InChI=1S/C6H13O8P/c7-1-4-5(9)6(3(8)2-13-4)14-15(10,11)12/h3-9H,1-2H2,(H2,10,11,12)/t3-,4+,5+,6+/m0/s1. The number of aliphatic hydroxyl groups is 3. The van der Waals surface area contributed by atoms with Crippen LogP contribution in [0.25, 0.3) is 0 Å². The Labute approximate surface area is 85.3 Å². The van der Waals surface area contributed by atoms with E-state index in [1.54, 1.807) is 0 Å². The van der Waals surface area contributed by atoms with Gasteiger partial charge in [0.15, 0.2) is 0 Å². The van der Waals surface area contributed by atoms with Crippen molar-refractivity contribution in [3.8, 4) is 0 Å². The van der Waals surface area contributed by atoms with E-state index in [1.165, 1.54) is 0 Å². The van der Waals surface area contributed by atoms with Crippen LogP contribution in [0, 0.1) is 0 Å². The molecule has 0 unspecified atom stereocenters. The third-order valence-corrected chi connectivity index (χ3v) is 2.53. The van der Waals surface area contributed by atoms with E-state index in [4.69, 9.17) is 19.6 Å². The van der Waals surface area contributed by atoms with Gasteiger partial charge in [0.2, 0.25) is 0 Å². The molecule has 15 heavy (non-hydrogen) atoms. The Kier molecular flexibility index (Phi) is 4.21. The van der Waals surface area contributed by atoms with Crippen LogP contribution in [0.3, 0.4) is 0 Å². The molecule has 0 radical (unpaired) electrons. The first kappa shape index (κ1) is 13.0. The van der Waals surface area contributed by atoms with E-state index in [9.17, 15) is 14.8 Å². The average molecular weight is 244 g/mol. The van der Waals surface area contributed by atoms with E-state index in [2.05, 4.69) is 4.52 Å². The quantitative estimate of drug-likeness (QED) is 0.346. The first-order valence-electron chi connectivity index (χ1n) is 4.17. The lowest BCUT2D eigenvalue weighted by Crippen LogP contribution is -2.54. The first-order valence-corrected chi connectivity index (χ1v) is 5.70. The SMILES string of the molecule is O=P(O)(O)O[C@H]1[C@H](O)[C@@H](CO)OC[C@@H]1O. The second-order valence-electron chi connectivity index (χ2n) is 3.17. The predicted octanol–water partition coefficient (Wildman–Crippen LogP) is -2.42. The van der Waals surface area contributed by atoms with Gasteiger partial charge in [-0.05, 0) is 0 Å². The maximum atomic E-state index is 10.5. The van der Waals surface area contributed by atoms with E-state index in [0.717, 1.165) is 0 Å². The van der Waals surface area contributed by atoms with Crippen LogP contribution in [0.1, 0.15) is 0 Å². The van der Waals surface area contributed by atoms with E-state index < -0.39 is 38.8 Å². The summed E-state index contributed by atoms with van der Waals surface area (Å²) in [7, 11) is -4.80. The van der Waals surface area contributed by atoms with Gasteiger partial charge in [0.1, 0.15) is 24.4 Å². The minimum absolute atomic E-state index is 0.271. The van der Waals surface area contributed by atoms with E-state index >= 15 is 0 Å². The highest BCUT2D eigenvalue weighted by Crippen LogP contribution is 2.40. The van der Waals surface area contributed by atoms with Crippen LogP contribution in [-0.4, -0.2) is 62.7 Å². The zero-order valence-corrected chi connectivity index (χ0v) is 8.53. The molecule has 0 bridgehead atoms. The van der Waals surface area contributed by atoms with E-state index in [0.29, 0.717) is 0 Å². The molecule has 8 nitrogen and oxygen atoms in total. The van der Waals surface area contributed by atoms with Gasteiger partial charge in [-0.15, -0.1) is 0 Å². The Hall–Kier alpha value is -0.0500. The highest BCUT2D eigenvalue weighted by Gasteiger charge is 2.42. The number of hydrogen-bond acceptors (Lipinski definition) is 6. The number of hydrogen-bond donors (Lipinski definition) is 5. The summed E-state index contributed by atoms with van der Waals surface area (Å²) in [6.07, 6.45) is -5.34.